The van der Waals surface area contributed by atoms with Gasteiger partial charge in [-0.15, -0.1) is 0 Å². The summed E-state index contributed by atoms with van der Waals surface area (Å²) < 4.78 is 5.50. The van der Waals surface area contributed by atoms with E-state index in [2.05, 4.69) is 16.9 Å². The summed E-state index contributed by atoms with van der Waals surface area (Å²) in [7, 11) is 0. The molecule has 0 fully saturated rings. The van der Waals surface area contributed by atoms with Crippen LogP contribution in [0.3, 0.4) is 0 Å². The normalized spacial score (nSPS) is 10.3. The molecule has 0 aliphatic carbocycles. The number of fused-ring (bicyclic) bond motifs is 1. The lowest BCUT2D eigenvalue weighted by atomic mass is 10.1. The van der Waals surface area contributed by atoms with E-state index in [1.807, 2.05) is 48.5 Å². The van der Waals surface area contributed by atoms with E-state index in [0.717, 1.165) is 22.2 Å². The number of benzene rings is 2. The van der Waals surface area contributed by atoms with Crippen molar-refractivity contribution >= 4 is 16.8 Å². The van der Waals surface area contributed by atoms with Gasteiger partial charge in [-0.25, -0.2) is 0 Å². The molecule has 0 spiro atoms. The van der Waals surface area contributed by atoms with Crippen LogP contribution in [0.2, 0.25) is 0 Å². The van der Waals surface area contributed by atoms with Crippen LogP contribution in [0.1, 0.15) is 15.9 Å². The Labute approximate surface area is 140 Å². The zero-order chi connectivity index (χ0) is 16.8. The molecule has 24 heavy (non-hydrogen) atoms. The van der Waals surface area contributed by atoms with E-state index in [9.17, 15) is 4.79 Å². The average Bonchev–Trinajstić information content (AvgIpc) is 2.64. The molecule has 3 rings (SSSR count). The highest BCUT2D eigenvalue weighted by atomic mass is 16.5. The van der Waals surface area contributed by atoms with Crippen molar-refractivity contribution in [2.45, 2.75) is 6.54 Å². The number of carbonyl (C=O) groups is 1. The highest BCUT2D eigenvalue weighted by Crippen LogP contribution is 2.15. The fraction of sp³-hybridized carbons (Fsp3) is 0.100. The largest absolute Gasteiger partial charge is 0.490 e. The van der Waals surface area contributed by atoms with Gasteiger partial charge in [0, 0.05) is 23.7 Å². The van der Waals surface area contributed by atoms with E-state index in [1.165, 1.54) is 0 Å². The maximum atomic E-state index is 12.3. The molecule has 0 aliphatic rings. The van der Waals surface area contributed by atoms with Gasteiger partial charge >= 0.3 is 0 Å². The number of hydrogen-bond donors (Lipinski definition) is 1. The number of amides is 1. The van der Waals surface area contributed by atoms with Gasteiger partial charge in [-0.2, -0.15) is 0 Å². The Kier molecular flexibility index (Phi) is 4.87. The number of rotatable bonds is 6. The van der Waals surface area contributed by atoms with Crippen molar-refractivity contribution in [2.24, 2.45) is 0 Å². The topological polar surface area (TPSA) is 51.2 Å². The summed E-state index contributed by atoms with van der Waals surface area (Å²) in [6.45, 7) is 4.53. The van der Waals surface area contributed by atoms with E-state index in [-0.39, 0.29) is 5.91 Å². The second-order valence-electron chi connectivity index (χ2n) is 5.34. The molecular weight excluding hydrogens is 300 g/mol. The van der Waals surface area contributed by atoms with Crippen LogP contribution in [0.25, 0.3) is 10.9 Å². The number of carbonyl (C=O) groups excluding carboxylic acids is 1. The highest BCUT2D eigenvalue weighted by Gasteiger charge is 2.07. The standard InChI is InChI=1S/C20H18N2O2/c1-2-11-24-18-7-3-5-15(12-18)14-22-20(23)17-8-9-19-16(13-17)6-4-10-21-19/h2-10,12-13H,1,11,14H2,(H,22,23). The Morgan fingerprint density at radius 2 is 2.08 bits per heavy atom. The number of nitrogens with zero attached hydrogens (tertiary/aromatic N) is 1. The molecule has 0 bridgehead atoms. The first-order valence-electron chi connectivity index (χ1n) is 7.72. The fourth-order valence-corrected chi connectivity index (χ4v) is 2.40. The van der Waals surface area contributed by atoms with Crippen molar-refractivity contribution in [3.63, 3.8) is 0 Å². The van der Waals surface area contributed by atoms with Crippen LogP contribution >= 0.6 is 0 Å². The molecule has 1 heterocycles. The zero-order valence-electron chi connectivity index (χ0n) is 13.2. The summed E-state index contributed by atoms with van der Waals surface area (Å²) in [6.07, 6.45) is 3.44. The maximum absolute atomic E-state index is 12.3. The molecule has 1 amide bonds. The summed E-state index contributed by atoms with van der Waals surface area (Å²) in [4.78, 5) is 16.6. The molecule has 4 heteroatoms. The molecule has 1 aromatic heterocycles. The number of pyridine rings is 1. The van der Waals surface area contributed by atoms with E-state index in [1.54, 1.807) is 18.3 Å². The van der Waals surface area contributed by atoms with E-state index >= 15 is 0 Å². The van der Waals surface area contributed by atoms with Gasteiger partial charge in [0.15, 0.2) is 0 Å². The predicted molar refractivity (Wildman–Crippen MR) is 95.0 cm³/mol. The van der Waals surface area contributed by atoms with Crippen molar-refractivity contribution in [3.8, 4) is 5.75 Å². The minimum absolute atomic E-state index is 0.113. The molecule has 0 radical (unpaired) electrons. The number of nitrogens with one attached hydrogen (secondary N) is 1. The molecule has 1 N–H and O–H groups in total. The minimum atomic E-state index is -0.113. The number of ether oxygens (including phenoxy) is 1. The van der Waals surface area contributed by atoms with Crippen LogP contribution in [-0.4, -0.2) is 17.5 Å². The molecule has 0 saturated heterocycles. The lowest BCUT2D eigenvalue weighted by molar-refractivity contribution is 0.0951. The summed E-state index contributed by atoms with van der Waals surface area (Å²) in [6, 6.07) is 16.9. The molecule has 120 valence electrons. The van der Waals surface area contributed by atoms with E-state index < -0.39 is 0 Å². The third-order valence-electron chi connectivity index (χ3n) is 3.58. The molecule has 3 aromatic rings. The van der Waals surface area contributed by atoms with Crippen LogP contribution in [0.4, 0.5) is 0 Å². The summed E-state index contributed by atoms with van der Waals surface area (Å²) >= 11 is 0. The highest BCUT2D eigenvalue weighted by molar-refractivity contribution is 5.97. The van der Waals surface area contributed by atoms with Gasteiger partial charge in [0.1, 0.15) is 12.4 Å². The van der Waals surface area contributed by atoms with E-state index in [4.69, 9.17) is 4.74 Å². The number of hydrogen-bond acceptors (Lipinski definition) is 3. The Balaban J connectivity index is 1.67. The Morgan fingerprint density at radius 3 is 2.96 bits per heavy atom. The number of aromatic nitrogens is 1. The van der Waals surface area contributed by atoms with Gasteiger partial charge < -0.3 is 10.1 Å². The zero-order valence-corrected chi connectivity index (χ0v) is 13.2. The first-order chi connectivity index (χ1) is 11.8. The van der Waals surface area contributed by atoms with Crippen LogP contribution in [-0.2, 0) is 6.54 Å². The predicted octanol–water partition coefficient (Wildman–Crippen LogP) is 3.73. The van der Waals surface area contributed by atoms with E-state index in [0.29, 0.717) is 18.7 Å². The Morgan fingerprint density at radius 1 is 1.17 bits per heavy atom. The van der Waals surface area contributed by atoms with Crippen molar-refractivity contribution in [3.05, 3.63) is 84.6 Å². The Bertz CT molecular complexity index is 874. The van der Waals surface area contributed by atoms with Gasteiger partial charge in [-0.05, 0) is 42.0 Å². The second-order valence-corrected chi connectivity index (χ2v) is 5.34. The van der Waals surface area contributed by atoms with Gasteiger partial charge in [-0.3, -0.25) is 9.78 Å². The molecule has 0 aliphatic heterocycles. The summed E-state index contributed by atoms with van der Waals surface area (Å²) in [5.41, 5.74) is 2.48. The molecule has 0 atom stereocenters. The lowest BCUT2D eigenvalue weighted by Crippen LogP contribution is -2.22. The Hall–Kier alpha value is -3.14. The first-order valence-corrected chi connectivity index (χ1v) is 7.72. The van der Waals surface area contributed by atoms with Gasteiger partial charge in [-0.1, -0.05) is 30.9 Å². The van der Waals surface area contributed by atoms with Gasteiger partial charge in [0.2, 0.25) is 0 Å². The van der Waals surface area contributed by atoms with Crippen molar-refractivity contribution in [1.29, 1.82) is 0 Å². The second kappa shape index (κ2) is 7.42. The van der Waals surface area contributed by atoms with Crippen LogP contribution in [0.5, 0.6) is 5.75 Å². The molecule has 4 nitrogen and oxygen atoms in total. The van der Waals surface area contributed by atoms with Crippen LogP contribution in [0.15, 0.2) is 73.4 Å². The van der Waals surface area contributed by atoms with Crippen LogP contribution in [0, 0.1) is 0 Å². The van der Waals surface area contributed by atoms with Gasteiger partial charge in [0.25, 0.3) is 5.91 Å². The SMILES string of the molecule is C=CCOc1cccc(CNC(=O)c2ccc3ncccc3c2)c1. The average molecular weight is 318 g/mol. The first kappa shape index (κ1) is 15.7. The van der Waals surface area contributed by atoms with Gasteiger partial charge in [0.05, 0.1) is 5.52 Å². The van der Waals surface area contributed by atoms with Crippen molar-refractivity contribution < 1.29 is 9.53 Å². The summed E-state index contributed by atoms with van der Waals surface area (Å²) in [5.74, 6) is 0.650. The van der Waals surface area contributed by atoms with Crippen LogP contribution < -0.4 is 10.1 Å². The van der Waals surface area contributed by atoms with Crippen molar-refractivity contribution in [2.75, 3.05) is 6.61 Å². The molecular formula is C20H18N2O2. The van der Waals surface area contributed by atoms with Crippen molar-refractivity contribution in [1.82, 2.24) is 10.3 Å². The third-order valence-corrected chi connectivity index (χ3v) is 3.58. The lowest BCUT2D eigenvalue weighted by Gasteiger charge is -2.08. The third kappa shape index (κ3) is 3.79. The smallest absolute Gasteiger partial charge is 0.251 e. The quantitative estimate of drug-likeness (QED) is 0.705. The summed E-state index contributed by atoms with van der Waals surface area (Å²) in [5, 5.41) is 3.88. The molecule has 0 saturated carbocycles. The molecule has 2 aromatic carbocycles. The molecule has 0 unspecified atom stereocenters. The fourth-order valence-electron chi connectivity index (χ4n) is 2.40. The monoisotopic (exact) mass is 318 g/mol. The minimum Gasteiger partial charge on any atom is -0.490 e. The maximum Gasteiger partial charge on any atom is 0.251 e.